The van der Waals surface area contributed by atoms with Crippen LogP contribution in [-0.2, 0) is 20.8 Å². The zero-order valence-electron chi connectivity index (χ0n) is 24.8. The number of hydrogen-bond acceptors (Lipinski definition) is 6. The Balaban J connectivity index is 2.42. The number of carboxylic acid groups (broad SMARTS) is 3. The van der Waals surface area contributed by atoms with Gasteiger partial charge in [0.05, 0.1) is 19.6 Å². The summed E-state index contributed by atoms with van der Waals surface area (Å²) in [6, 6.07) is 10.9. The quantitative estimate of drug-likeness (QED) is 0.138. The van der Waals surface area contributed by atoms with Crippen molar-refractivity contribution in [2.45, 2.75) is 90.5 Å². The van der Waals surface area contributed by atoms with Crippen LogP contribution in [0.2, 0.25) is 0 Å². The van der Waals surface area contributed by atoms with Crippen molar-refractivity contribution in [3.63, 3.8) is 0 Å². The molecule has 1 aromatic carbocycles. The Labute approximate surface area is 241 Å². The maximum absolute atomic E-state index is 11.6. The molecular formula is C31H53N3O6. The first-order chi connectivity index (χ1) is 19.2. The minimum Gasteiger partial charge on any atom is -0.480 e. The second kappa shape index (κ2) is 22.2. The van der Waals surface area contributed by atoms with Crippen molar-refractivity contribution in [2.75, 3.05) is 52.4 Å². The van der Waals surface area contributed by atoms with Gasteiger partial charge < -0.3 is 15.3 Å². The molecule has 0 heterocycles. The molecule has 9 heteroatoms. The molecule has 0 amide bonds. The van der Waals surface area contributed by atoms with E-state index in [2.05, 4.69) is 49.1 Å². The molecule has 0 aromatic heterocycles. The highest BCUT2D eigenvalue weighted by Gasteiger charge is 2.22. The summed E-state index contributed by atoms with van der Waals surface area (Å²) in [4.78, 5) is 39.3. The van der Waals surface area contributed by atoms with Crippen molar-refractivity contribution in [1.29, 1.82) is 0 Å². The third-order valence-corrected chi connectivity index (χ3v) is 7.45. The van der Waals surface area contributed by atoms with E-state index in [0.717, 1.165) is 32.4 Å². The van der Waals surface area contributed by atoms with Crippen LogP contribution in [0.25, 0.3) is 0 Å². The monoisotopic (exact) mass is 563 g/mol. The number of aliphatic carboxylic acids is 3. The molecule has 0 aliphatic carbocycles. The highest BCUT2D eigenvalue weighted by atomic mass is 16.4. The van der Waals surface area contributed by atoms with Crippen molar-refractivity contribution in [3.05, 3.63) is 35.9 Å². The highest BCUT2D eigenvalue weighted by Crippen LogP contribution is 2.16. The molecule has 0 spiro atoms. The average Bonchev–Trinajstić information content (AvgIpc) is 2.90. The second-order valence-electron chi connectivity index (χ2n) is 10.7. The molecule has 0 saturated heterocycles. The Morgan fingerprint density at radius 1 is 0.650 bits per heavy atom. The van der Waals surface area contributed by atoms with Gasteiger partial charge in [0.1, 0.15) is 0 Å². The lowest BCUT2D eigenvalue weighted by molar-refractivity contribution is -0.143. The molecule has 3 N–H and O–H groups in total. The zero-order chi connectivity index (χ0) is 29.6. The number of aryl methyl sites for hydroxylation is 1. The lowest BCUT2D eigenvalue weighted by Crippen LogP contribution is -2.48. The van der Waals surface area contributed by atoms with Gasteiger partial charge in [-0.15, -0.1) is 0 Å². The third-order valence-electron chi connectivity index (χ3n) is 7.45. The van der Waals surface area contributed by atoms with Gasteiger partial charge in [0, 0.05) is 25.7 Å². The van der Waals surface area contributed by atoms with Crippen LogP contribution >= 0.6 is 0 Å². The Kier molecular flexibility index (Phi) is 19.7. The van der Waals surface area contributed by atoms with Gasteiger partial charge in [-0.2, -0.15) is 0 Å². The van der Waals surface area contributed by atoms with Crippen molar-refractivity contribution >= 4 is 17.9 Å². The molecule has 0 bridgehead atoms. The van der Waals surface area contributed by atoms with E-state index in [0.29, 0.717) is 13.1 Å². The van der Waals surface area contributed by atoms with Gasteiger partial charge in [0.2, 0.25) is 0 Å². The topological polar surface area (TPSA) is 122 Å². The van der Waals surface area contributed by atoms with Crippen molar-refractivity contribution < 1.29 is 29.7 Å². The standard InChI is InChI=1S/C31H53N3O6/c1-3-34(4-2)28(23-32(24-29(35)36)21-22-33(25-30(37)38)26-31(39)40)20-16-11-9-7-5-6-8-10-13-17-27-18-14-12-15-19-27/h12,14-15,18-19,28H,3-11,13,16-17,20-26H2,1-2H3,(H,35,36)(H,37,38)(H,39,40). The first-order valence-electron chi connectivity index (χ1n) is 15.1. The normalized spacial score (nSPS) is 12.3. The average molecular weight is 564 g/mol. The van der Waals surface area contributed by atoms with Crippen LogP contribution in [0.3, 0.4) is 0 Å². The fraction of sp³-hybridized carbons (Fsp3) is 0.710. The summed E-state index contributed by atoms with van der Waals surface area (Å²) in [7, 11) is 0. The molecule has 1 aromatic rings. The number of hydrogen-bond donors (Lipinski definition) is 3. The molecule has 1 rings (SSSR count). The fourth-order valence-electron chi connectivity index (χ4n) is 5.32. The predicted molar refractivity (Wildman–Crippen MR) is 159 cm³/mol. The van der Waals surface area contributed by atoms with E-state index in [-0.39, 0.29) is 32.2 Å². The van der Waals surface area contributed by atoms with Crippen molar-refractivity contribution in [1.82, 2.24) is 14.7 Å². The van der Waals surface area contributed by atoms with Gasteiger partial charge in [-0.25, -0.2) is 0 Å². The molecule has 0 radical (unpaired) electrons. The Morgan fingerprint density at radius 3 is 1.60 bits per heavy atom. The smallest absolute Gasteiger partial charge is 0.317 e. The van der Waals surface area contributed by atoms with Crippen LogP contribution in [-0.4, -0.2) is 106 Å². The molecule has 1 atom stereocenters. The maximum Gasteiger partial charge on any atom is 0.317 e. The van der Waals surface area contributed by atoms with Gasteiger partial charge in [-0.3, -0.25) is 29.1 Å². The fourth-order valence-corrected chi connectivity index (χ4v) is 5.32. The van der Waals surface area contributed by atoms with Crippen molar-refractivity contribution in [3.8, 4) is 0 Å². The highest BCUT2D eigenvalue weighted by molar-refractivity contribution is 5.72. The Morgan fingerprint density at radius 2 is 1.10 bits per heavy atom. The lowest BCUT2D eigenvalue weighted by atomic mass is 10.0. The van der Waals surface area contributed by atoms with Crippen molar-refractivity contribution in [2.24, 2.45) is 0 Å². The van der Waals surface area contributed by atoms with E-state index in [4.69, 9.17) is 10.2 Å². The van der Waals surface area contributed by atoms with Gasteiger partial charge in [0.25, 0.3) is 0 Å². The molecule has 1 unspecified atom stereocenters. The van der Waals surface area contributed by atoms with Crippen LogP contribution in [0.1, 0.15) is 83.6 Å². The summed E-state index contributed by atoms with van der Waals surface area (Å²) in [5.74, 6) is -3.15. The summed E-state index contributed by atoms with van der Waals surface area (Å²) in [5, 5.41) is 27.7. The number of benzene rings is 1. The van der Waals surface area contributed by atoms with Crippen LogP contribution in [0.5, 0.6) is 0 Å². The summed E-state index contributed by atoms with van der Waals surface area (Å²) in [6.45, 7) is 6.08. The van der Waals surface area contributed by atoms with E-state index in [1.807, 2.05) is 4.90 Å². The molecule has 9 nitrogen and oxygen atoms in total. The van der Waals surface area contributed by atoms with Crippen LogP contribution < -0.4 is 0 Å². The number of unbranched alkanes of at least 4 members (excludes halogenated alkanes) is 8. The summed E-state index contributed by atoms with van der Waals surface area (Å²) < 4.78 is 0. The molecule has 0 fully saturated rings. The number of likely N-dealkylation sites (N-methyl/N-ethyl adjacent to an activating group) is 1. The van der Waals surface area contributed by atoms with E-state index < -0.39 is 17.9 Å². The van der Waals surface area contributed by atoms with E-state index in [9.17, 15) is 19.5 Å². The van der Waals surface area contributed by atoms with E-state index in [1.54, 1.807) is 0 Å². The number of rotatable bonds is 26. The van der Waals surface area contributed by atoms with Gasteiger partial charge >= 0.3 is 17.9 Å². The molecular weight excluding hydrogens is 510 g/mol. The molecule has 0 aliphatic heterocycles. The zero-order valence-corrected chi connectivity index (χ0v) is 24.8. The number of nitrogens with zero attached hydrogens (tertiary/aromatic N) is 3. The second-order valence-corrected chi connectivity index (χ2v) is 10.7. The summed E-state index contributed by atoms with van der Waals surface area (Å²) >= 11 is 0. The first kappa shape index (κ1) is 35.5. The summed E-state index contributed by atoms with van der Waals surface area (Å²) in [6.07, 6.45) is 13.3. The van der Waals surface area contributed by atoms with Crippen LogP contribution in [0.4, 0.5) is 0 Å². The van der Waals surface area contributed by atoms with Gasteiger partial charge in [-0.05, 0) is 37.9 Å². The maximum atomic E-state index is 11.6. The predicted octanol–water partition coefficient (Wildman–Crippen LogP) is 4.70. The van der Waals surface area contributed by atoms with Crippen LogP contribution in [0, 0.1) is 0 Å². The molecule has 0 saturated carbocycles. The minimum atomic E-state index is -1.10. The minimum absolute atomic E-state index is 0.156. The molecule has 228 valence electrons. The SMILES string of the molecule is CCN(CC)C(CCCCCCCCCCCc1ccccc1)CN(CCN(CC(=O)O)CC(=O)O)CC(=O)O. The lowest BCUT2D eigenvalue weighted by Gasteiger charge is -2.34. The Bertz CT molecular complexity index is 803. The number of carbonyl (C=O) groups is 3. The first-order valence-corrected chi connectivity index (χ1v) is 15.1. The van der Waals surface area contributed by atoms with Gasteiger partial charge in [0.15, 0.2) is 0 Å². The Hall–Kier alpha value is -2.49. The van der Waals surface area contributed by atoms with Crippen LogP contribution in [0.15, 0.2) is 30.3 Å². The van der Waals surface area contributed by atoms with Gasteiger partial charge in [-0.1, -0.05) is 95.5 Å². The molecule has 40 heavy (non-hydrogen) atoms. The summed E-state index contributed by atoms with van der Waals surface area (Å²) in [5.41, 5.74) is 1.43. The number of carboxylic acids is 3. The largest absolute Gasteiger partial charge is 0.480 e. The third kappa shape index (κ3) is 18.0. The molecule has 0 aliphatic rings. The van der Waals surface area contributed by atoms with E-state index >= 15 is 0 Å². The van der Waals surface area contributed by atoms with E-state index in [1.165, 1.54) is 61.8 Å².